The van der Waals surface area contributed by atoms with Crippen LogP contribution >= 0.6 is 0 Å². The van der Waals surface area contributed by atoms with Crippen molar-refractivity contribution >= 4 is 0 Å². The smallest absolute Gasteiger partial charge is 0.123 e. The molecule has 0 saturated heterocycles. The molecular formula is C11H16FNO. The van der Waals surface area contributed by atoms with Crippen LogP contribution in [0.15, 0.2) is 24.3 Å². The van der Waals surface area contributed by atoms with Gasteiger partial charge in [-0.15, -0.1) is 0 Å². The molecule has 1 aromatic carbocycles. The second-order valence-corrected chi connectivity index (χ2v) is 3.93. The van der Waals surface area contributed by atoms with Crippen molar-refractivity contribution in [1.29, 1.82) is 0 Å². The first-order valence-corrected chi connectivity index (χ1v) is 4.68. The third kappa shape index (κ3) is 3.44. The average Bonchev–Trinajstić information content (AvgIpc) is 2.08. The van der Waals surface area contributed by atoms with E-state index in [4.69, 9.17) is 10.8 Å². The molecule has 3 N–H and O–H groups in total. The molecule has 3 heteroatoms. The van der Waals surface area contributed by atoms with Gasteiger partial charge in [-0.05, 0) is 37.5 Å². The van der Waals surface area contributed by atoms with Gasteiger partial charge in [0.2, 0.25) is 0 Å². The lowest BCUT2D eigenvalue weighted by molar-refractivity contribution is 0.245. The van der Waals surface area contributed by atoms with E-state index in [9.17, 15) is 4.39 Å². The zero-order chi connectivity index (χ0) is 10.6. The molecule has 0 aromatic heterocycles. The number of hydrogen-bond acceptors (Lipinski definition) is 2. The Labute approximate surface area is 83.6 Å². The lowest BCUT2D eigenvalue weighted by atomic mass is 9.91. The highest BCUT2D eigenvalue weighted by Crippen LogP contribution is 2.14. The molecule has 1 rings (SSSR count). The molecule has 1 unspecified atom stereocenters. The van der Waals surface area contributed by atoms with E-state index in [1.54, 1.807) is 12.1 Å². The number of rotatable bonds is 4. The Morgan fingerprint density at radius 2 is 1.93 bits per heavy atom. The Balaban J connectivity index is 2.64. The van der Waals surface area contributed by atoms with E-state index < -0.39 is 5.54 Å². The summed E-state index contributed by atoms with van der Waals surface area (Å²) in [6.45, 7) is 1.96. The fraction of sp³-hybridized carbons (Fsp3) is 0.455. The van der Waals surface area contributed by atoms with Gasteiger partial charge in [-0.1, -0.05) is 12.1 Å². The summed E-state index contributed by atoms with van der Waals surface area (Å²) in [6.07, 6.45) is 1.19. The molecule has 0 aliphatic heterocycles. The Morgan fingerprint density at radius 3 is 2.43 bits per heavy atom. The van der Waals surface area contributed by atoms with E-state index in [0.717, 1.165) is 5.56 Å². The van der Waals surface area contributed by atoms with E-state index >= 15 is 0 Å². The molecule has 14 heavy (non-hydrogen) atoms. The summed E-state index contributed by atoms with van der Waals surface area (Å²) in [7, 11) is 0. The SMILES string of the molecule is CC(N)(CCO)Cc1ccc(F)cc1. The molecule has 0 aliphatic rings. The molecule has 0 radical (unpaired) electrons. The van der Waals surface area contributed by atoms with Crippen molar-refractivity contribution in [3.63, 3.8) is 0 Å². The van der Waals surface area contributed by atoms with Gasteiger partial charge in [-0.25, -0.2) is 4.39 Å². The van der Waals surface area contributed by atoms with E-state index in [0.29, 0.717) is 12.8 Å². The number of benzene rings is 1. The quantitative estimate of drug-likeness (QED) is 0.767. The van der Waals surface area contributed by atoms with Gasteiger partial charge in [-0.3, -0.25) is 0 Å². The van der Waals surface area contributed by atoms with Crippen LogP contribution in [0.4, 0.5) is 4.39 Å². The molecule has 0 amide bonds. The highest BCUT2D eigenvalue weighted by molar-refractivity contribution is 5.18. The van der Waals surface area contributed by atoms with Gasteiger partial charge in [0.1, 0.15) is 5.82 Å². The Bertz CT molecular complexity index is 282. The summed E-state index contributed by atoms with van der Waals surface area (Å²) >= 11 is 0. The second kappa shape index (κ2) is 4.53. The van der Waals surface area contributed by atoms with Crippen LogP contribution in [-0.2, 0) is 6.42 Å². The summed E-state index contributed by atoms with van der Waals surface area (Å²) in [5.74, 6) is -0.241. The van der Waals surface area contributed by atoms with Gasteiger partial charge >= 0.3 is 0 Å². The summed E-state index contributed by atoms with van der Waals surface area (Å²) in [5.41, 5.74) is 6.51. The summed E-state index contributed by atoms with van der Waals surface area (Å²) in [5, 5.41) is 8.78. The Hall–Kier alpha value is -0.930. The van der Waals surface area contributed by atoms with Crippen LogP contribution in [0.3, 0.4) is 0 Å². The van der Waals surface area contributed by atoms with Crippen molar-refractivity contribution < 1.29 is 9.50 Å². The second-order valence-electron chi connectivity index (χ2n) is 3.93. The Morgan fingerprint density at radius 1 is 1.36 bits per heavy atom. The van der Waals surface area contributed by atoms with Crippen LogP contribution in [0, 0.1) is 5.82 Å². The summed E-state index contributed by atoms with van der Waals surface area (Å²) in [4.78, 5) is 0. The van der Waals surface area contributed by atoms with Crippen LogP contribution in [0.5, 0.6) is 0 Å². The van der Waals surface area contributed by atoms with Crippen molar-refractivity contribution in [3.05, 3.63) is 35.6 Å². The van der Waals surface area contributed by atoms with Crippen LogP contribution in [-0.4, -0.2) is 17.3 Å². The largest absolute Gasteiger partial charge is 0.396 e. The monoisotopic (exact) mass is 197 g/mol. The maximum absolute atomic E-state index is 12.6. The standard InChI is InChI=1S/C11H16FNO/c1-11(13,6-7-14)8-9-2-4-10(12)5-3-9/h2-5,14H,6-8,13H2,1H3. The molecule has 2 nitrogen and oxygen atoms in total. The molecule has 0 heterocycles. The molecule has 0 bridgehead atoms. The van der Waals surface area contributed by atoms with Gasteiger partial charge in [0, 0.05) is 12.1 Å². The number of aliphatic hydroxyl groups is 1. The number of halogens is 1. The molecule has 0 spiro atoms. The highest BCUT2D eigenvalue weighted by atomic mass is 19.1. The summed E-state index contributed by atoms with van der Waals surface area (Å²) < 4.78 is 12.6. The van der Waals surface area contributed by atoms with Crippen molar-refractivity contribution in [2.45, 2.75) is 25.3 Å². The van der Waals surface area contributed by atoms with Gasteiger partial charge in [0.15, 0.2) is 0 Å². The van der Waals surface area contributed by atoms with Crippen molar-refractivity contribution in [1.82, 2.24) is 0 Å². The molecule has 78 valence electrons. The van der Waals surface area contributed by atoms with Crippen LogP contribution in [0.2, 0.25) is 0 Å². The predicted octanol–water partition coefficient (Wildman–Crippen LogP) is 1.47. The van der Waals surface area contributed by atoms with E-state index in [-0.39, 0.29) is 12.4 Å². The molecule has 1 atom stereocenters. The summed E-state index contributed by atoms with van der Waals surface area (Å²) in [6, 6.07) is 6.28. The minimum Gasteiger partial charge on any atom is -0.396 e. The van der Waals surface area contributed by atoms with Gasteiger partial charge < -0.3 is 10.8 Å². The number of aliphatic hydroxyl groups excluding tert-OH is 1. The van der Waals surface area contributed by atoms with Crippen LogP contribution < -0.4 is 5.73 Å². The van der Waals surface area contributed by atoms with Crippen molar-refractivity contribution in [2.75, 3.05) is 6.61 Å². The minimum absolute atomic E-state index is 0.0776. The zero-order valence-electron chi connectivity index (χ0n) is 8.33. The van der Waals surface area contributed by atoms with Crippen LogP contribution in [0.1, 0.15) is 18.9 Å². The lowest BCUT2D eigenvalue weighted by Crippen LogP contribution is -2.39. The molecule has 0 saturated carbocycles. The third-order valence-corrected chi connectivity index (χ3v) is 2.20. The lowest BCUT2D eigenvalue weighted by Gasteiger charge is -2.23. The maximum Gasteiger partial charge on any atom is 0.123 e. The van der Waals surface area contributed by atoms with E-state index in [2.05, 4.69) is 0 Å². The van der Waals surface area contributed by atoms with Crippen molar-refractivity contribution in [2.24, 2.45) is 5.73 Å². The van der Waals surface area contributed by atoms with Crippen molar-refractivity contribution in [3.8, 4) is 0 Å². The number of nitrogens with two attached hydrogens (primary N) is 1. The molecule has 0 fully saturated rings. The normalized spacial score (nSPS) is 15.1. The number of hydrogen-bond donors (Lipinski definition) is 2. The molecule has 1 aromatic rings. The fourth-order valence-electron chi connectivity index (χ4n) is 1.41. The van der Waals surface area contributed by atoms with Gasteiger partial charge in [0.05, 0.1) is 0 Å². The fourth-order valence-corrected chi connectivity index (χ4v) is 1.41. The Kier molecular flexibility index (Phi) is 3.61. The zero-order valence-corrected chi connectivity index (χ0v) is 8.33. The minimum atomic E-state index is -0.424. The topological polar surface area (TPSA) is 46.2 Å². The van der Waals surface area contributed by atoms with E-state index in [1.165, 1.54) is 12.1 Å². The maximum atomic E-state index is 12.6. The first-order chi connectivity index (χ1) is 6.53. The first kappa shape index (κ1) is 11.1. The highest BCUT2D eigenvalue weighted by Gasteiger charge is 2.17. The third-order valence-electron chi connectivity index (χ3n) is 2.20. The van der Waals surface area contributed by atoms with E-state index in [1.807, 2.05) is 6.92 Å². The first-order valence-electron chi connectivity index (χ1n) is 4.68. The predicted molar refractivity (Wildman–Crippen MR) is 54.4 cm³/mol. The molecule has 0 aliphatic carbocycles. The van der Waals surface area contributed by atoms with Gasteiger partial charge in [-0.2, -0.15) is 0 Å². The van der Waals surface area contributed by atoms with Gasteiger partial charge in [0.25, 0.3) is 0 Å². The average molecular weight is 197 g/mol. The van der Waals surface area contributed by atoms with Crippen LogP contribution in [0.25, 0.3) is 0 Å². The molecular weight excluding hydrogens is 181 g/mol.